The van der Waals surface area contributed by atoms with Gasteiger partial charge in [-0.3, -0.25) is 9.69 Å². The van der Waals surface area contributed by atoms with Crippen molar-refractivity contribution in [1.29, 1.82) is 0 Å². The lowest BCUT2D eigenvalue weighted by Gasteiger charge is -2.43. The Labute approximate surface area is 176 Å². The van der Waals surface area contributed by atoms with Crippen LogP contribution in [0.1, 0.15) is 36.0 Å². The average Bonchev–Trinajstić information content (AvgIpc) is 3.04. The predicted molar refractivity (Wildman–Crippen MR) is 116 cm³/mol. The maximum atomic E-state index is 13.8. The summed E-state index contributed by atoms with van der Waals surface area (Å²) in [6.45, 7) is 6.44. The molecule has 0 unspecified atom stereocenters. The molecule has 0 saturated carbocycles. The number of hydrogen-bond donors (Lipinski definition) is 0. The summed E-state index contributed by atoms with van der Waals surface area (Å²) in [5.41, 5.74) is 1.31. The topological polar surface area (TPSA) is 29.5 Å². The first-order valence-electron chi connectivity index (χ1n) is 8.85. The van der Waals surface area contributed by atoms with Crippen LogP contribution in [0, 0.1) is 8.95 Å². The van der Waals surface area contributed by atoms with Gasteiger partial charge in [-0.25, -0.2) is 4.39 Å². The summed E-state index contributed by atoms with van der Waals surface area (Å²) < 4.78 is 20.5. The standard InChI is InChI=1S/C21H18FNO2S3/c1-4-25-15-10-6-9-14-16(15)17-18(28-20(26)27-17)21(2,3)23(14)19(24)12-7-5-8-13(22)11-12/h5-11H,4H2,1-3H3. The van der Waals surface area contributed by atoms with Crippen molar-refractivity contribution in [1.82, 2.24) is 0 Å². The number of rotatable bonds is 3. The average molecular weight is 432 g/mol. The summed E-state index contributed by atoms with van der Waals surface area (Å²) in [5.74, 6) is 0.0306. The van der Waals surface area contributed by atoms with E-state index >= 15 is 0 Å². The Kier molecular flexibility index (Phi) is 4.85. The smallest absolute Gasteiger partial charge is 0.259 e. The molecule has 0 saturated heterocycles. The third kappa shape index (κ3) is 2.98. The van der Waals surface area contributed by atoms with Gasteiger partial charge in [-0.15, -0.1) is 22.7 Å². The fraction of sp³-hybridized carbons (Fsp3) is 0.238. The van der Waals surface area contributed by atoms with E-state index in [1.165, 1.54) is 23.5 Å². The van der Waals surface area contributed by atoms with Crippen LogP contribution in [0.3, 0.4) is 0 Å². The van der Waals surface area contributed by atoms with Crippen molar-refractivity contribution in [2.45, 2.75) is 26.3 Å². The molecular formula is C21H18FNO2S3. The Morgan fingerprint density at radius 1 is 1.21 bits per heavy atom. The predicted octanol–water partition coefficient (Wildman–Crippen LogP) is 6.64. The molecule has 1 aliphatic rings. The van der Waals surface area contributed by atoms with Crippen LogP contribution in [0.5, 0.6) is 5.75 Å². The molecule has 0 spiro atoms. The van der Waals surface area contributed by atoms with Crippen molar-refractivity contribution in [3.63, 3.8) is 0 Å². The Morgan fingerprint density at radius 3 is 2.68 bits per heavy atom. The fourth-order valence-corrected chi connectivity index (χ4v) is 6.51. The molecule has 4 rings (SSSR count). The largest absolute Gasteiger partial charge is 0.493 e. The number of halogens is 1. The van der Waals surface area contributed by atoms with Crippen LogP contribution < -0.4 is 9.64 Å². The highest BCUT2D eigenvalue weighted by Crippen LogP contribution is 2.55. The lowest BCUT2D eigenvalue weighted by atomic mass is 9.89. The van der Waals surface area contributed by atoms with E-state index in [-0.39, 0.29) is 5.91 Å². The van der Waals surface area contributed by atoms with Crippen LogP contribution in [0.2, 0.25) is 0 Å². The first-order chi connectivity index (χ1) is 13.3. The molecule has 2 aromatic carbocycles. The quantitative estimate of drug-likeness (QED) is 0.435. The van der Waals surface area contributed by atoms with Gasteiger partial charge in [-0.2, -0.15) is 0 Å². The van der Waals surface area contributed by atoms with E-state index in [1.807, 2.05) is 39.0 Å². The van der Waals surface area contributed by atoms with Crippen LogP contribution >= 0.6 is 34.9 Å². The van der Waals surface area contributed by atoms with Gasteiger partial charge >= 0.3 is 0 Å². The van der Waals surface area contributed by atoms with Crippen LogP contribution in [0.15, 0.2) is 42.5 Å². The number of amides is 1. The summed E-state index contributed by atoms with van der Waals surface area (Å²) >= 11 is 8.54. The van der Waals surface area contributed by atoms with Gasteiger partial charge in [0.25, 0.3) is 5.91 Å². The third-order valence-electron chi connectivity index (χ3n) is 4.74. The number of nitrogens with zero attached hydrogens (tertiary/aromatic N) is 1. The molecule has 7 heteroatoms. The van der Waals surface area contributed by atoms with Gasteiger partial charge in [0.2, 0.25) is 0 Å². The van der Waals surface area contributed by atoms with Gasteiger partial charge in [-0.1, -0.05) is 24.4 Å². The van der Waals surface area contributed by atoms with Crippen molar-refractivity contribution >= 4 is 46.5 Å². The molecule has 1 aromatic heterocycles. The minimum Gasteiger partial charge on any atom is -0.493 e. The zero-order chi connectivity index (χ0) is 20.1. The summed E-state index contributed by atoms with van der Waals surface area (Å²) in [5, 5.41) is 0. The molecule has 0 radical (unpaired) electrons. The van der Waals surface area contributed by atoms with Crippen molar-refractivity contribution in [3.8, 4) is 16.2 Å². The van der Waals surface area contributed by atoms with E-state index in [9.17, 15) is 9.18 Å². The minimum absolute atomic E-state index is 0.255. The Bertz CT molecular complexity index is 1130. The van der Waals surface area contributed by atoms with Gasteiger partial charge < -0.3 is 4.74 Å². The number of carbonyl (C=O) groups is 1. The maximum absolute atomic E-state index is 13.8. The molecule has 1 amide bonds. The van der Waals surface area contributed by atoms with Gasteiger partial charge in [0.15, 0.2) is 0 Å². The maximum Gasteiger partial charge on any atom is 0.259 e. The minimum atomic E-state index is -0.630. The highest BCUT2D eigenvalue weighted by molar-refractivity contribution is 7.76. The zero-order valence-electron chi connectivity index (χ0n) is 15.6. The molecule has 28 heavy (non-hydrogen) atoms. The first-order valence-corrected chi connectivity index (χ1v) is 10.9. The zero-order valence-corrected chi connectivity index (χ0v) is 18.1. The van der Waals surface area contributed by atoms with Crippen molar-refractivity contribution < 1.29 is 13.9 Å². The Hall–Kier alpha value is -2.09. The summed E-state index contributed by atoms with van der Waals surface area (Å²) in [4.78, 5) is 17.3. The second-order valence-electron chi connectivity index (χ2n) is 6.91. The SMILES string of the molecule is CCOc1cccc2c1-c1sc(=S)sc1C(C)(C)N2C(=O)c1cccc(F)c1. The molecule has 0 aliphatic carbocycles. The number of benzene rings is 2. The molecule has 3 aromatic rings. The Morgan fingerprint density at radius 2 is 1.96 bits per heavy atom. The fourth-order valence-electron chi connectivity index (χ4n) is 3.57. The highest BCUT2D eigenvalue weighted by atomic mass is 32.2. The third-order valence-corrected chi connectivity index (χ3v) is 7.72. The van der Waals surface area contributed by atoms with Crippen LogP contribution in [-0.4, -0.2) is 12.5 Å². The van der Waals surface area contributed by atoms with Gasteiger partial charge in [-0.05, 0) is 51.1 Å². The molecule has 0 fully saturated rings. The summed E-state index contributed by atoms with van der Waals surface area (Å²) in [6.07, 6.45) is 0. The van der Waals surface area contributed by atoms with E-state index < -0.39 is 11.4 Å². The number of fused-ring (bicyclic) bond motifs is 3. The van der Waals surface area contributed by atoms with E-state index in [2.05, 4.69) is 0 Å². The molecule has 0 bridgehead atoms. The number of carbonyl (C=O) groups excluding carboxylic acids is 1. The Balaban J connectivity index is 1.99. The van der Waals surface area contributed by atoms with Gasteiger partial charge in [0.05, 0.1) is 33.2 Å². The van der Waals surface area contributed by atoms with E-state index in [0.29, 0.717) is 12.2 Å². The number of hydrogen-bond acceptors (Lipinski definition) is 5. The van der Waals surface area contributed by atoms with Crippen LogP contribution in [-0.2, 0) is 5.54 Å². The second-order valence-corrected chi connectivity index (χ2v) is 10.1. The molecule has 3 nitrogen and oxygen atoms in total. The van der Waals surface area contributed by atoms with Crippen molar-refractivity contribution in [2.24, 2.45) is 0 Å². The summed E-state index contributed by atoms with van der Waals surface area (Å²) in [7, 11) is 0. The number of anilines is 1. The molecule has 0 N–H and O–H groups in total. The highest BCUT2D eigenvalue weighted by Gasteiger charge is 2.44. The lowest BCUT2D eigenvalue weighted by molar-refractivity contribution is 0.0961. The molecule has 2 heterocycles. The first kappa shape index (κ1) is 19.2. The monoisotopic (exact) mass is 431 g/mol. The summed E-state index contributed by atoms with van der Waals surface area (Å²) in [6, 6.07) is 11.5. The van der Waals surface area contributed by atoms with E-state index in [4.69, 9.17) is 17.0 Å². The van der Waals surface area contributed by atoms with E-state index in [1.54, 1.807) is 28.4 Å². The lowest BCUT2D eigenvalue weighted by Crippen LogP contribution is -2.47. The second kappa shape index (κ2) is 7.06. The molecule has 144 valence electrons. The van der Waals surface area contributed by atoms with E-state index in [0.717, 1.165) is 29.9 Å². The van der Waals surface area contributed by atoms with Crippen molar-refractivity contribution in [2.75, 3.05) is 11.5 Å². The normalized spacial score (nSPS) is 14.4. The van der Waals surface area contributed by atoms with Gasteiger partial charge in [0.1, 0.15) is 14.7 Å². The van der Waals surface area contributed by atoms with Gasteiger partial charge in [0, 0.05) is 5.56 Å². The number of ether oxygens (including phenoxy) is 1. The molecule has 0 atom stereocenters. The molecular weight excluding hydrogens is 413 g/mol. The molecule has 1 aliphatic heterocycles. The van der Waals surface area contributed by atoms with Crippen LogP contribution in [0.25, 0.3) is 10.4 Å². The van der Waals surface area contributed by atoms with Crippen LogP contribution in [0.4, 0.5) is 10.1 Å². The van der Waals surface area contributed by atoms with Crippen molar-refractivity contribution in [3.05, 3.63) is 61.9 Å².